The Bertz CT molecular complexity index is 658. The van der Waals surface area contributed by atoms with Gasteiger partial charge in [-0.2, -0.15) is 0 Å². The van der Waals surface area contributed by atoms with Crippen LogP contribution in [0.3, 0.4) is 0 Å². The van der Waals surface area contributed by atoms with Crippen LogP contribution in [0.2, 0.25) is 0 Å². The van der Waals surface area contributed by atoms with E-state index in [1.165, 1.54) is 25.7 Å². The molecule has 1 aliphatic carbocycles. The number of nitrogens with zero attached hydrogens (tertiary/aromatic N) is 1. The highest BCUT2D eigenvalue weighted by molar-refractivity contribution is 7.89. The highest BCUT2D eigenvalue weighted by atomic mass is 32.2. The first-order valence-electron chi connectivity index (χ1n) is 9.27. The number of rotatable bonds is 5. The first-order chi connectivity index (χ1) is 11.5. The molecule has 1 saturated heterocycles. The van der Waals surface area contributed by atoms with Crippen LogP contribution in [-0.2, 0) is 10.0 Å². The smallest absolute Gasteiger partial charge is 0.240 e. The Morgan fingerprint density at radius 2 is 1.75 bits per heavy atom. The molecule has 134 valence electrons. The number of aryl methyl sites for hydroxylation is 2. The Balaban J connectivity index is 1.52. The first kappa shape index (κ1) is 17.9. The molecule has 1 aromatic carbocycles. The molecule has 0 amide bonds. The number of hydrogen-bond acceptors (Lipinski definition) is 3. The van der Waals surface area contributed by atoms with Gasteiger partial charge in [0.05, 0.1) is 4.90 Å². The molecule has 0 spiro atoms. The van der Waals surface area contributed by atoms with E-state index < -0.39 is 10.0 Å². The van der Waals surface area contributed by atoms with Gasteiger partial charge < -0.3 is 4.90 Å². The van der Waals surface area contributed by atoms with Crippen molar-refractivity contribution in [2.24, 2.45) is 5.92 Å². The second-order valence-electron chi connectivity index (χ2n) is 7.54. The van der Waals surface area contributed by atoms with Gasteiger partial charge in [0.1, 0.15) is 0 Å². The zero-order chi connectivity index (χ0) is 17.2. The molecule has 1 aromatic rings. The lowest BCUT2D eigenvalue weighted by Crippen LogP contribution is -2.42. The third-order valence-corrected chi connectivity index (χ3v) is 7.26. The summed E-state index contributed by atoms with van der Waals surface area (Å²) in [5.74, 6) is 0.461. The summed E-state index contributed by atoms with van der Waals surface area (Å²) < 4.78 is 28.0. The van der Waals surface area contributed by atoms with E-state index in [2.05, 4.69) is 9.62 Å². The zero-order valence-electron chi connectivity index (χ0n) is 14.9. The van der Waals surface area contributed by atoms with Gasteiger partial charge in [0.15, 0.2) is 0 Å². The van der Waals surface area contributed by atoms with Gasteiger partial charge >= 0.3 is 0 Å². The quantitative estimate of drug-likeness (QED) is 0.887. The maximum atomic E-state index is 12.6. The molecule has 1 aliphatic heterocycles. The van der Waals surface area contributed by atoms with Crippen LogP contribution in [0.1, 0.15) is 49.7 Å². The molecule has 0 bridgehead atoms. The van der Waals surface area contributed by atoms with Gasteiger partial charge in [-0.1, -0.05) is 30.5 Å². The van der Waals surface area contributed by atoms with Crippen LogP contribution in [0.25, 0.3) is 0 Å². The van der Waals surface area contributed by atoms with E-state index in [1.54, 1.807) is 6.07 Å². The van der Waals surface area contributed by atoms with Gasteiger partial charge in [-0.3, -0.25) is 0 Å². The molecule has 3 rings (SSSR count). The van der Waals surface area contributed by atoms with Crippen LogP contribution < -0.4 is 4.72 Å². The molecule has 0 radical (unpaired) electrons. The fraction of sp³-hybridized carbons (Fsp3) is 0.684. The van der Waals surface area contributed by atoms with Crippen LogP contribution in [0.15, 0.2) is 23.1 Å². The molecule has 0 atom stereocenters. The second-order valence-corrected chi connectivity index (χ2v) is 9.27. The Hall–Kier alpha value is -0.910. The Morgan fingerprint density at radius 1 is 1.08 bits per heavy atom. The van der Waals surface area contributed by atoms with E-state index in [9.17, 15) is 8.42 Å². The third-order valence-electron chi connectivity index (χ3n) is 5.67. The summed E-state index contributed by atoms with van der Waals surface area (Å²) in [6, 6.07) is 6.30. The van der Waals surface area contributed by atoms with Gasteiger partial charge in [-0.05, 0) is 70.2 Å². The van der Waals surface area contributed by atoms with Crippen LogP contribution in [0, 0.1) is 19.8 Å². The molecule has 0 aromatic heterocycles. The molecule has 2 fully saturated rings. The molecule has 4 nitrogen and oxygen atoms in total. The van der Waals surface area contributed by atoms with Crippen LogP contribution in [0.4, 0.5) is 0 Å². The van der Waals surface area contributed by atoms with Crippen molar-refractivity contribution in [2.75, 3.05) is 19.6 Å². The lowest BCUT2D eigenvalue weighted by Gasteiger charge is -2.36. The van der Waals surface area contributed by atoms with Crippen molar-refractivity contribution in [3.63, 3.8) is 0 Å². The van der Waals surface area contributed by atoms with E-state index >= 15 is 0 Å². The molecule has 0 unspecified atom stereocenters. The monoisotopic (exact) mass is 350 g/mol. The van der Waals surface area contributed by atoms with E-state index in [4.69, 9.17) is 0 Å². The highest BCUT2D eigenvalue weighted by Crippen LogP contribution is 2.28. The van der Waals surface area contributed by atoms with Crippen LogP contribution >= 0.6 is 0 Å². The molecule has 24 heavy (non-hydrogen) atoms. The van der Waals surface area contributed by atoms with Crippen LogP contribution in [0.5, 0.6) is 0 Å². The summed E-state index contributed by atoms with van der Waals surface area (Å²) in [4.78, 5) is 3.04. The van der Waals surface area contributed by atoms with Crippen molar-refractivity contribution in [1.29, 1.82) is 0 Å². The summed E-state index contributed by atoms with van der Waals surface area (Å²) in [7, 11) is -3.40. The Kier molecular flexibility index (Phi) is 5.63. The van der Waals surface area contributed by atoms with Gasteiger partial charge in [0, 0.05) is 12.6 Å². The number of hydrogen-bond donors (Lipinski definition) is 1. The topological polar surface area (TPSA) is 49.4 Å². The molecule has 5 heteroatoms. The maximum absolute atomic E-state index is 12.6. The van der Waals surface area contributed by atoms with Gasteiger partial charge in [-0.15, -0.1) is 0 Å². The van der Waals surface area contributed by atoms with Crippen molar-refractivity contribution in [2.45, 2.75) is 63.3 Å². The molecular weight excluding hydrogens is 320 g/mol. The molecule has 1 heterocycles. The van der Waals surface area contributed by atoms with Gasteiger partial charge in [0.25, 0.3) is 0 Å². The molecule has 2 aliphatic rings. The number of nitrogens with one attached hydrogen (secondary N) is 1. The SMILES string of the molecule is Cc1ccc(S(=O)(=O)NCC2CCN(C3CCCC3)CC2)c(C)c1. The standard InChI is InChI=1S/C19H30N2O2S/c1-15-7-8-19(16(2)13-15)24(22,23)20-14-17-9-11-21(12-10-17)18-5-3-4-6-18/h7-8,13,17-18,20H,3-6,9-12,14H2,1-2H3. The van der Waals surface area contributed by atoms with E-state index in [-0.39, 0.29) is 0 Å². The lowest BCUT2D eigenvalue weighted by molar-refractivity contribution is 0.135. The highest BCUT2D eigenvalue weighted by Gasteiger charge is 2.28. The molecular formula is C19H30N2O2S. The molecule has 1 N–H and O–H groups in total. The van der Waals surface area contributed by atoms with E-state index in [0.717, 1.165) is 43.1 Å². The normalized spacial score (nSPS) is 21.4. The fourth-order valence-electron chi connectivity index (χ4n) is 4.20. The van der Waals surface area contributed by atoms with Crippen molar-refractivity contribution in [1.82, 2.24) is 9.62 Å². The van der Waals surface area contributed by atoms with Crippen molar-refractivity contribution in [3.05, 3.63) is 29.3 Å². The largest absolute Gasteiger partial charge is 0.300 e. The van der Waals surface area contributed by atoms with Gasteiger partial charge in [0.2, 0.25) is 10.0 Å². The van der Waals surface area contributed by atoms with Crippen LogP contribution in [-0.4, -0.2) is 39.0 Å². The number of piperidine rings is 1. The summed E-state index contributed by atoms with van der Waals surface area (Å²) in [6.07, 6.45) is 7.66. The Morgan fingerprint density at radius 3 is 2.38 bits per heavy atom. The molecule has 1 saturated carbocycles. The summed E-state index contributed by atoms with van der Waals surface area (Å²) in [5.41, 5.74) is 1.91. The third kappa shape index (κ3) is 4.19. The minimum absolute atomic E-state index is 0.413. The maximum Gasteiger partial charge on any atom is 0.240 e. The summed E-state index contributed by atoms with van der Waals surface area (Å²) in [5, 5.41) is 0. The summed E-state index contributed by atoms with van der Waals surface area (Å²) in [6.45, 7) is 6.66. The average molecular weight is 351 g/mol. The predicted octanol–water partition coefficient (Wildman–Crippen LogP) is 3.24. The van der Waals surface area contributed by atoms with Crippen molar-refractivity contribution in [3.8, 4) is 0 Å². The number of benzene rings is 1. The minimum Gasteiger partial charge on any atom is -0.300 e. The summed E-state index contributed by atoms with van der Waals surface area (Å²) >= 11 is 0. The second kappa shape index (κ2) is 7.54. The average Bonchev–Trinajstić information content (AvgIpc) is 3.07. The number of likely N-dealkylation sites (tertiary alicyclic amines) is 1. The predicted molar refractivity (Wildman–Crippen MR) is 97.7 cm³/mol. The zero-order valence-corrected chi connectivity index (χ0v) is 15.7. The lowest BCUT2D eigenvalue weighted by atomic mass is 9.96. The van der Waals surface area contributed by atoms with E-state index in [0.29, 0.717) is 17.4 Å². The Labute approximate surface area is 146 Å². The number of sulfonamides is 1. The van der Waals surface area contributed by atoms with Gasteiger partial charge in [-0.25, -0.2) is 13.1 Å². The van der Waals surface area contributed by atoms with Crippen molar-refractivity contribution >= 4 is 10.0 Å². The van der Waals surface area contributed by atoms with E-state index in [1.807, 2.05) is 26.0 Å². The van der Waals surface area contributed by atoms with Crippen molar-refractivity contribution < 1.29 is 8.42 Å². The first-order valence-corrected chi connectivity index (χ1v) is 10.7. The fourth-order valence-corrected chi connectivity index (χ4v) is 5.54. The minimum atomic E-state index is -3.40.